The van der Waals surface area contributed by atoms with Crippen molar-refractivity contribution in [2.45, 2.75) is 32.5 Å². The highest BCUT2D eigenvalue weighted by atomic mass is 16.5. The number of hydrogen-bond donors (Lipinski definition) is 0. The standard InChI is InChI=1S/C21H22N4O/c1-24-13-18-19(14-24)23-25(12-16-3-2-7-22-11-16)20(18)10-15-4-5-21-17(9-15)6-8-26-21/h2-5,7,9,11H,6,8,10,12-14H2,1H3. The van der Waals surface area contributed by atoms with Crippen LogP contribution in [0.5, 0.6) is 5.75 Å². The highest BCUT2D eigenvalue weighted by Gasteiger charge is 2.25. The van der Waals surface area contributed by atoms with Crippen molar-refractivity contribution in [3.63, 3.8) is 0 Å². The van der Waals surface area contributed by atoms with Crippen molar-refractivity contribution >= 4 is 0 Å². The highest BCUT2D eigenvalue weighted by Crippen LogP contribution is 2.30. The Balaban J connectivity index is 1.50. The molecule has 132 valence electrons. The van der Waals surface area contributed by atoms with Crippen LogP contribution in [0.25, 0.3) is 0 Å². The molecule has 0 aliphatic carbocycles. The van der Waals surface area contributed by atoms with E-state index in [2.05, 4.69) is 45.9 Å². The van der Waals surface area contributed by atoms with Crippen LogP contribution < -0.4 is 4.74 Å². The minimum absolute atomic E-state index is 0.772. The lowest BCUT2D eigenvalue weighted by Gasteiger charge is -2.13. The summed E-state index contributed by atoms with van der Waals surface area (Å²) in [7, 11) is 2.16. The maximum absolute atomic E-state index is 5.65. The summed E-state index contributed by atoms with van der Waals surface area (Å²) in [5.74, 6) is 1.04. The van der Waals surface area contributed by atoms with E-state index >= 15 is 0 Å². The zero-order valence-corrected chi connectivity index (χ0v) is 15.0. The maximum atomic E-state index is 5.65. The smallest absolute Gasteiger partial charge is 0.122 e. The first-order chi connectivity index (χ1) is 12.8. The van der Waals surface area contributed by atoms with Gasteiger partial charge in [-0.1, -0.05) is 18.2 Å². The average molecular weight is 346 g/mol. The van der Waals surface area contributed by atoms with Gasteiger partial charge in [-0.15, -0.1) is 0 Å². The van der Waals surface area contributed by atoms with Crippen molar-refractivity contribution in [3.8, 4) is 5.75 Å². The molecular formula is C21H22N4O. The van der Waals surface area contributed by atoms with Gasteiger partial charge in [-0.3, -0.25) is 14.6 Å². The van der Waals surface area contributed by atoms with Crippen molar-refractivity contribution in [2.24, 2.45) is 0 Å². The fourth-order valence-electron chi connectivity index (χ4n) is 4.02. The summed E-state index contributed by atoms with van der Waals surface area (Å²) in [6.45, 7) is 3.48. The van der Waals surface area contributed by atoms with Gasteiger partial charge in [-0.25, -0.2) is 0 Å². The Hall–Kier alpha value is -2.66. The second-order valence-corrected chi connectivity index (χ2v) is 7.28. The van der Waals surface area contributed by atoms with Gasteiger partial charge in [0.1, 0.15) is 5.75 Å². The van der Waals surface area contributed by atoms with Crippen molar-refractivity contribution in [1.82, 2.24) is 19.7 Å². The number of rotatable bonds is 4. The van der Waals surface area contributed by atoms with Crippen LogP contribution in [0.3, 0.4) is 0 Å². The Bertz CT molecular complexity index is 948. The number of ether oxygens (including phenoxy) is 1. The molecule has 2 aromatic heterocycles. The predicted molar refractivity (Wildman–Crippen MR) is 99.2 cm³/mol. The molecule has 0 N–H and O–H groups in total. The summed E-state index contributed by atoms with van der Waals surface area (Å²) in [6, 6.07) is 10.7. The minimum atomic E-state index is 0.772. The van der Waals surface area contributed by atoms with E-state index in [4.69, 9.17) is 9.84 Å². The second-order valence-electron chi connectivity index (χ2n) is 7.28. The second kappa shape index (κ2) is 6.25. The fourth-order valence-corrected chi connectivity index (χ4v) is 4.02. The minimum Gasteiger partial charge on any atom is -0.493 e. The van der Waals surface area contributed by atoms with Crippen molar-refractivity contribution in [2.75, 3.05) is 13.7 Å². The van der Waals surface area contributed by atoms with E-state index in [9.17, 15) is 0 Å². The van der Waals surface area contributed by atoms with Gasteiger partial charge in [-0.2, -0.15) is 5.10 Å². The van der Waals surface area contributed by atoms with Crippen molar-refractivity contribution in [1.29, 1.82) is 0 Å². The molecule has 1 aromatic carbocycles. The SMILES string of the molecule is CN1Cc2nn(Cc3cccnc3)c(Cc3ccc4c(c3)CCO4)c2C1. The largest absolute Gasteiger partial charge is 0.493 e. The molecule has 5 heteroatoms. The van der Waals surface area contributed by atoms with E-state index in [1.165, 1.54) is 33.6 Å². The lowest BCUT2D eigenvalue weighted by molar-refractivity contribution is 0.344. The summed E-state index contributed by atoms with van der Waals surface area (Å²) < 4.78 is 7.83. The van der Waals surface area contributed by atoms with Gasteiger partial charge in [0.05, 0.1) is 18.8 Å². The van der Waals surface area contributed by atoms with Crippen LogP contribution in [0, 0.1) is 0 Å². The molecule has 0 radical (unpaired) electrons. The molecule has 0 saturated heterocycles. The summed E-state index contributed by atoms with van der Waals surface area (Å²) in [6.07, 6.45) is 5.66. The van der Waals surface area contributed by atoms with Crippen LogP contribution in [-0.4, -0.2) is 33.3 Å². The average Bonchev–Trinajstić information content (AvgIpc) is 3.32. The molecule has 0 saturated carbocycles. The van der Waals surface area contributed by atoms with Gasteiger partial charge in [0.15, 0.2) is 0 Å². The van der Waals surface area contributed by atoms with E-state index in [0.717, 1.165) is 44.8 Å². The predicted octanol–water partition coefficient (Wildman–Crippen LogP) is 2.80. The molecule has 3 aromatic rings. The summed E-state index contributed by atoms with van der Waals surface area (Å²) in [5, 5.41) is 4.93. The summed E-state index contributed by atoms with van der Waals surface area (Å²) >= 11 is 0. The van der Waals surface area contributed by atoms with E-state index in [-0.39, 0.29) is 0 Å². The molecule has 0 fully saturated rings. The molecule has 0 unspecified atom stereocenters. The van der Waals surface area contributed by atoms with Gasteiger partial charge in [0.2, 0.25) is 0 Å². The third-order valence-corrected chi connectivity index (χ3v) is 5.28. The number of hydrogen-bond acceptors (Lipinski definition) is 4. The summed E-state index contributed by atoms with van der Waals surface area (Å²) in [5.41, 5.74) is 7.79. The Labute approximate surface area is 153 Å². The van der Waals surface area contributed by atoms with E-state index < -0.39 is 0 Å². The van der Waals surface area contributed by atoms with Crippen molar-refractivity contribution in [3.05, 3.63) is 76.4 Å². The molecule has 0 bridgehead atoms. The number of benzene rings is 1. The third-order valence-electron chi connectivity index (χ3n) is 5.28. The van der Waals surface area contributed by atoms with E-state index in [1.54, 1.807) is 0 Å². The zero-order chi connectivity index (χ0) is 17.5. The summed E-state index contributed by atoms with van der Waals surface area (Å²) in [4.78, 5) is 6.57. The van der Waals surface area contributed by atoms with Gasteiger partial charge >= 0.3 is 0 Å². The zero-order valence-electron chi connectivity index (χ0n) is 15.0. The number of fused-ring (bicyclic) bond motifs is 2. The molecule has 4 heterocycles. The molecule has 0 amide bonds. The molecule has 5 rings (SSSR count). The van der Waals surface area contributed by atoms with Crippen LogP contribution in [0.2, 0.25) is 0 Å². The van der Waals surface area contributed by atoms with Gasteiger partial charge < -0.3 is 4.74 Å². The van der Waals surface area contributed by atoms with Crippen LogP contribution in [-0.2, 0) is 32.5 Å². The van der Waals surface area contributed by atoms with Crippen LogP contribution >= 0.6 is 0 Å². The lowest BCUT2D eigenvalue weighted by Crippen LogP contribution is -2.14. The molecule has 0 spiro atoms. The molecule has 0 atom stereocenters. The first-order valence-electron chi connectivity index (χ1n) is 9.16. The number of aromatic nitrogens is 3. The fraction of sp³-hybridized carbons (Fsp3) is 0.333. The number of nitrogens with zero attached hydrogens (tertiary/aromatic N) is 4. The molecule has 2 aliphatic heterocycles. The normalized spacial score (nSPS) is 15.7. The van der Waals surface area contributed by atoms with E-state index in [0.29, 0.717) is 0 Å². The number of pyridine rings is 1. The lowest BCUT2D eigenvalue weighted by atomic mass is 10.0. The Morgan fingerprint density at radius 2 is 2.12 bits per heavy atom. The Morgan fingerprint density at radius 3 is 3.00 bits per heavy atom. The molecule has 2 aliphatic rings. The van der Waals surface area contributed by atoms with Gasteiger partial charge in [-0.05, 0) is 35.9 Å². The van der Waals surface area contributed by atoms with Crippen LogP contribution in [0.1, 0.15) is 33.6 Å². The van der Waals surface area contributed by atoms with Crippen molar-refractivity contribution < 1.29 is 4.74 Å². The van der Waals surface area contributed by atoms with Crippen LogP contribution in [0.4, 0.5) is 0 Å². The third kappa shape index (κ3) is 2.78. The Kier molecular flexibility index (Phi) is 3.75. The molecule has 5 nitrogen and oxygen atoms in total. The van der Waals surface area contributed by atoms with Gasteiger partial charge in [0, 0.05) is 49.6 Å². The Morgan fingerprint density at radius 1 is 1.15 bits per heavy atom. The first-order valence-corrected chi connectivity index (χ1v) is 9.16. The topological polar surface area (TPSA) is 43.2 Å². The monoisotopic (exact) mass is 346 g/mol. The molecule has 26 heavy (non-hydrogen) atoms. The van der Waals surface area contributed by atoms with Crippen LogP contribution in [0.15, 0.2) is 42.7 Å². The first kappa shape index (κ1) is 15.6. The molecular weight excluding hydrogens is 324 g/mol. The quantitative estimate of drug-likeness (QED) is 0.729. The highest BCUT2D eigenvalue weighted by molar-refractivity contribution is 5.42. The maximum Gasteiger partial charge on any atom is 0.122 e. The van der Waals surface area contributed by atoms with E-state index in [1.807, 2.05) is 18.5 Å². The van der Waals surface area contributed by atoms with Gasteiger partial charge in [0.25, 0.3) is 0 Å².